The molecule has 0 saturated heterocycles. The van der Waals surface area contributed by atoms with Crippen LogP contribution >= 0.6 is 0 Å². The van der Waals surface area contributed by atoms with E-state index in [1.165, 1.54) is 7.11 Å². The van der Waals surface area contributed by atoms with Crippen molar-refractivity contribution in [2.45, 2.75) is 17.7 Å². The Hall–Kier alpha value is -1.62. The van der Waals surface area contributed by atoms with Gasteiger partial charge in [-0.05, 0) is 25.0 Å². The lowest BCUT2D eigenvalue weighted by Crippen LogP contribution is -2.14. The highest BCUT2D eigenvalue weighted by Gasteiger charge is 2.31. The van der Waals surface area contributed by atoms with Crippen LogP contribution in [0.2, 0.25) is 0 Å². The molecule has 1 unspecified atom stereocenters. The molecule has 0 heterocycles. The third-order valence-electron chi connectivity index (χ3n) is 3.01. The summed E-state index contributed by atoms with van der Waals surface area (Å²) in [5.41, 5.74) is 0. The summed E-state index contributed by atoms with van der Waals surface area (Å²) in [5.74, 6) is -0.729. The zero-order valence-corrected chi connectivity index (χ0v) is 10.8. The first kappa shape index (κ1) is 12.8. The number of benzene rings is 1. The quantitative estimate of drug-likeness (QED) is 0.784. The normalized spacial score (nSPS) is 19.4. The van der Waals surface area contributed by atoms with Gasteiger partial charge in [0.15, 0.2) is 0 Å². The van der Waals surface area contributed by atoms with Gasteiger partial charge in [0.05, 0.1) is 17.9 Å². The predicted octanol–water partition coefficient (Wildman–Crippen LogP) is 1.93. The van der Waals surface area contributed by atoms with Crippen LogP contribution in [0, 0.1) is 5.92 Å². The summed E-state index contributed by atoms with van der Waals surface area (Å²) in [4.78, 5) is 11.9. The minimum absolute atomic E-state index is 0.226. The summed E-state index contributed by atoms with van der Waals surface area (Å²) < 4.78 is 29.2. The Labute approximate surface area is 106 Å². The molecule has 1 aromatic rings. The maximum atomic E-state index is 12.3. The fourth-order valence-corrected chi connectivity index (χ4v) is 3.55. The van der Waals surface area contributed by atoms with Crippen molar-refractivity contribution in [1.29, 1.82) is 0 Å². The van der Waals surface area contributed by atoms with Crippen molar-refractivity contribution in [1.82, 2.24) is 0 Å². The summed E-state index contributed by atoms with van der Waals surface area (Å²) in [6.07, 6.45) is 2.27. The van der Waals surface area contributed by atoms with Gasteiger partial charge in [-0.3, -0.25) is 4.79 Å². The lowest BCUT2D eigenvalue weighted by Gasteiger charge is -2.08. The van der Waals surface area contributed by atoms with E-state index in [0.717, 1.165) is 0 Å². The number of esters is 1. The number of sulfone groups is 1. The molecule has 4 nitrogen and oxygen atoms in total. The average Bonchev–Trinajstić information content (AvgIpc) is 2.89. The van der Waals surface area contributed by atoms with E-state index in [-0.39, 0.29) is 23.2 Å². The average molecular weight is 266 g/mol. The van der Waals surface area contributed by atoms with Gasteiger partial charge in [-0.15, -0.1) is 0 Å². The highest BCUT2D eigenvalue weighted by atomic mass is 32.2. The van der Waals surface area contributed by atoms with Gasteiger partial charge in [0.1, 0.15) is 0 Å². The predicted molar refractivity (Wildman–Crippen MR) is 66.5 cm³/mol. The SMILES string of the molecule is COC(=O)C1CC=C(S(=O)(=O)c2ccccc2)C1. The minimum Gasteiger partial charge on any atom is -0.469 e. The maximum Gasteiger partial charge on any atom is 0.309 e. The van der Waals surface area contributed by atoms with Gasteiger partial charge in [0, 0.05) is 4.91 Å². The number of carbonyl (C=O) groups is 1. The van der Waals surface area contributed by atoms with Crippen LogP contribution in [0.3, 0.4) is 0 Å². The first-order chi connectivity index (χ1) is 8.55. The van der Waals surface area contributed by atoms with Crippen LogP contribution in [0.15, 0.2) is 46.2 Å². The number of methoxy groups -OCH3 is 1. The van der Waals surface area contributed by atoms with E-state index < -0.39 is 9.84 Å². The first-order valence-corrected chi connectivity index (χ1v) is 7.11. The molecule has 0 N–H and O–H groups in total. The second kappa shape index (κ2) is 4.94. The van der Waals surface area contributed by atoms with Crippen molar-refractivity contribution >= 4 is 15.8 Å². The fourth-order valence-electron chi connectivity index (χ4n) is 2.00. The van der Waals surface area contributed by atoms with Crippen LogP contribution in [0.25, 0.3) is 0 Å². The summed E-state index contributed by atoms with van der Waals surface area (Å²) in [5, 5.41) is 0. The molecule has 1 aromatic carbocycles. The second-order valence-electron chi connectivity index (χ2n) is 4.15. The van der Waals surface area contributed by atoms with Crippen LogP contribution in [-0.4, -0.2) is 21.5 Å². The number of hydrogen-bond donors (Lipinski definition) is 0. The summed E-state index contributed by atoms with van der Waals surface area (Å²) >= 11 is 0. The standard InChI is InChI=1S/C13H14O4S/c1-17-13(14)10-7-8-12(9-10)18(15,16)11-5-3-2-4-6-11/h2-6,8,10H,7,9H2,1H3. The lowest BCUT2D eigenvalue weighted by molar-refractivity contribution is -0.144. The third kappa shape index (κ3) is 2.31. The van der Waals surface area contributed by atoms with Crippen LogP contribution < -0.4 is 0 Å². The minimum atomic E-state index is -3.46. The van der Waals surface area contributed by atoms with Gasteiger partial charge >= 0.3 is 5.97 Å². The molecule has 96 valence electrons. The van der Waals surface area contributed by atoms with Gasteiger partial charge in [0.2, 0.25) is 9.84 Å². The Kier molecular flexibility index (Phi) is 3.52. The number of hydrogen-bond acceptors (Lipinski definition) is 4. The number of allylic oxidation sites excluding steroid dienone is 2. The van der Waals surface area contributed by atoms with Crippen LogP contribution in [0.1, 0.15) is 12.8 Å². The smallest absolute Gasteiger partial charge is 0.309 e. The van der Waals surface area contributed by atoms with E-state index in [1.54, 1.807) is 36.4 Å². The molecular weight excluding hydrogens is 252 g/mol. The van der Waals surface area contributed by atoms with Gasteiger partial charge < -0.3 is 4.74 Å². The fraction of sp³-hybridized carbons (Fsp3) is 0.308. The summed E-state index contributed by atoms with van der Waals surface area (Å²) in [6, 6.07) is 8.24. The Balaban J connectivity index is 2.22. The molecule has 0 bridgehead atoms. The zero-order chi connectivity index (χ0) is 13.2. The van der Waals surface area contributed by atoms with Gasteiger partial charge in [0.25, 0.3) is 0 Å². The van der Waals surface area contributed by atoms with Gasteiger partial charge in [-0.2, -0.15) is 0 Å². The highest BCUT2D eigenvalue weighted by molar-refractivity contribution is 7.95. The van der Waals surface area contributed by atoms with E-state index in [2.05, 4.69) is 4.74 Å². The van der Waals surface area contributed by atoms with Gasteiger partial charge in [-0.1, -0.05) is 24.3 Å². The molecule has 5 heteroatoms. The monoisotopic (exact) mass is 266 g/mol. The van der Waals surface area contributed by atoms with Crippen molar-refractivity contribution in [2.24, 2.45) is 5.92 Å². The maximum absolute atomic E-state index is 12.3. The first-order valence-electron chi connectivity index (χ1n) is 5.62. The number of rotatable bonds is 3. The van der Waals surface area contributed by atoms with Crippen LogP contribution in [0.4, 0.5) is 0 Å². The largest absolute Gasteiger partial charge is 0.469 e. The number of ether oxygens (including phenoxy) is 1. The second-order valence-corrected chi connectivity index (χ2v) is 6.15. The molecular formula is C13H14O4S. The summed E-state index contributed by atoms with van der Waals surface area (Å²) in [7, 11) is -2.15. The number of carbonyl (C=O) groups excluding carboxylic acids is 1. The van der Waals surface area contributed by atoms with Crippen molar-refractivity contribution in [2.75, 3.05) is 7.11 Å². The van der Waals surface area contributed by atoms with E-state index in [4.69, 9.17) is 0 Å². The molecule has 1 atom stereocenters. The Bertz CT molecular complexity index is 572. The Morgan fingerprint density at radius 3 is 2.56 bits per heavy atom. The Morgan fingerprint density at radius 2 is 1.94 bits per heavy atom. The van der Waals surface area contributed by atoms with Crippen molar-refractivity contribution in [3.8, 4) is 0 Å². The summed E-state index contributed by atoms with van der Waals surface area (Å²) in [6.45, 7) is 0. The zero-order valence-electron chi connectivity index (χ0n) is 10.00. The molecule has 2 rings (SSSR count). The van der Waals surface area contributed by atoms with E-state index in [0.29, 0.717) is 11.3 Å². The molecule has 0 spiro atoms. The third-order valence-corrected chi connectivity index (χ3v) is 4.93. The van der Waals surface area contributed by atoms with E-state index in [1.807, 2.05) is 0 Å². The van der Waals surface area contributed by atoms with Gasteiger partial charge in [-0.25, -0.2) is 8.42 Å². The Morgan fingerprint density at radius 1 is 1.28 bits per heavy atom. The van der Waals surface area contributed by atoms with Crippen molar-refractivity contribution in [3.63, 3.8) is 0 Å². The highest BCUT2D eigenvalue weighted by Crippen LogP contribution is 2.32. The lowest BCUT2D eigenvalue weighted by atomic mass is 10.1. The van der Waals surface area contributed by atoms with Crippen LogP contribution in [0.5, 0.6) is 0 Å². The molecule has 0 radical (unpaired) electrons. The van der Waals surface area contributed by atoms with E-state index in [9.17, 15) is 13.2 Å². The molecule has 0 fully saturated rings. The molecule has 1 aliphatic carbocycles. The topological polar surface area (TPSA) is 60.4 Å². The molecule has 18 heavy (non-hydrogen) atoms. The van der Waals surface area contributed by atoms with Crippen LogP contribution in [-0.2, 0) is 19.4 Å². The van der Waals surface area contributed by atoms with Crippen molar-refractivity contribution in [3.05, 3.63) is 41.3 Å². The molecule has 0 amide bonds. The van der Waals surface area contributed by atoms with Crippen molar-refractivity contribution < 1.29 is 17.9 Å². The van der Waals surface area contributed by atoms with E-state index >= 15 is 0 Å². The molecule has 0 saturated carbocycles. The molecule has 0 aliphatic heterocycles. The molecule has 1 aliphatic rings. The molecule has 0 aromatic heterocycles.